The van der Waals surface area contributed by atoms with Gasteiger partial charge in [-0.2, -0.15) is 0 Å². The zero-order chi connectivity index (χ0) is 17.9. The minimum Gasteiger partial charge on any atom is -0.352 e. The number of halogens is 1. The van der Waals surface area contributed by atoms with Crippen LogP contribution in [0.25, 0.3) is 0 Å². The van der Waals surface area contributed by atoms with Crippen LogP contribution in [0, 0.1) is 0 Å². The number of hydrogen-bond donors (Lipinski definition) is 2. The Bertz CT molecular complexity index is 695. The summed E-state index contributed by atoms with van der Waals surface area (Å²) in [7, 11) is -3.44. The lowest BCUT2D eigenvalue weighted by atomic mass is 9.81. The van der Waals surface area contributed by atoms with E-state index in [2.05, 4.69) is 34.9 Å². The summed E-state index contributed by atoms with van der Waals surface area (Å²) in [5, 5.41) is 6.21. The van der Waals surface area contributed by atoms with Gasteiger partial charge in [-0.1, -0.05) is 30.3 Å². The van der Waals surface area contributed by atoms with Gasteiger partial charge < -0.3 is 10.6 Å². The van der Waals surface area contributed by atoms with Crippen molar-refractivity contribution < 1.29 is 13.2 Å². The molecular weight excluding hydrogens is 372 g/mol. The molecule has 1 heterocycles. The van der Waals surface area contributed by atoms with Gasteiger partial charge >= 0.3 is 0 Å². The van der Waals surface area contributed by atoms with Crippen LogP contribution in [-0.2, 0) is 14.6 Å². The third-order valence-electron chi connectivity index (χ3n) is 5.87. The molecule has 1 aromatic rings. The number of nitrogens with one attached hydrogen (secondary N) is 2. The average Bonchev–Trinajstić information content (AvgIpc) is 2.63. The molecule has 0 atom stereocenters. The minimum atomic E-state index is -3.44. The van der Waals surface area contributed by atoms with Crippen molar-refractivity contribution in [2.24, 2.45) is 0 Å². The van der Waals surface area contributed by atoms with E-state index in [9.17, 15) is 13.2 Å². The summed E-state index contributed by atoms with van der Waals surface area (Å²) in [5.41, 5.74) is 1.36. The molecule has 1 saturated heterocycles. The quantitative estimate of drug-likeness (QED) is 0.813. The SMILES string of the molecule is CS(=O)(=O)C1(C(=O)NC2CCC(c3ccccc3)CC2)CCNCC1.Cl. The average molecular weight is 401 g/mol. The Kier molecular flexibility index (Phi) is 7.11. The summed E-state index contributed by atoms with van der Waals surface area (Å²) in [6.07, 6.45) is 5.79. The Labute approximate surface area is 162 Å². The molecular formula is C19H29ClN2O3S. The maximum atomic E-state index is 12.9. The van der Waals surface area contributed by atoms with Crippen molar-refractivity contribution in [1.82, 2.24) is 10.6 Å². The Morgan fingerprint density at radius 2 is 1.65 bits per heavy atom. The van der Waals surface area contributed by atoms with Crippen LogP contribution in [-0.4, -0.2) is 44.5 Å². The van der Waals surface area contributed by atoms with Gasteiger partial charge in [0.05, 0.1) is 0 Å². The van der Waals surface area contributed by atoms with E-state index in [1.54, 1.807) is 0 Å². The number of sulfone groups is 1. The zero-order valence-electron chi connectivity index (χ0n) is 15.2. The van der Waals surface area contributed by atoms with Crippen molar-refractivity contribution in [3.63, 3.8) is 0 Å². The molecule has 0 aromatic heterocycles. The van der Waals surface area contributed by atoms with E-state index >= 15 is 0 Å². The fourth-order valence-electron chi connectivity index (χ4n) is 4.21. The van der Waals surface area contributed by atoms with E-state index in [1.165, 1.54) is 11.8 Å². The number of benzene rings is 1. The monoisotopic (exact) mass is 400 g/mol. The first-order valence-corrected chi connectivity index (χ1v) is 11.1. The maximum absolute atomic E-state index is 12.9. The molecule has 1 amide bonds. The van der Waals surface area contributed by atoms with Crippen LogP contribution >= 0.6 is 12.4 Å². The van der Waals surface area contributed by atoms with Crippen LogP contribution in [0.5, 0.6) is 0 Å². The fraction of sp³-hybridized carbons (Fsp3) is 0.632. The molecule has 1 aromatic carbocycles. The molecule has 26 heavy (non-hydrogen) atoms. The van der Waals surface area contributed by atoms with Gasteiger partial charge in [0.15, 0.2) is 14.6 Å². The second-order valence-electron chi connectivity index (χ2n) is 7.45. The van der Waals surface area contributed by atoms with Crippen molar-refractivity contribution >= 4 is 28.2 Å². The van der Waals surface area contributed by atoms with Crippen molar-refractivity contribution in [3.05, 3.63) is 35.9 Å². The lowest BCUT2D eigenvalue weighted by Crippen LogP contribution is -2.59. The van der Waals surface area contributed by atoms with E-state index in [0.717, 1.165) is 25.7 Å². The third-order valence-corrected chi connectivity index (χ3v) is 7.88. The summed E-state index contributed by atoms with van der Waals surface area (Å²) in [6.45, 7) is 1.14. The third kappa shape index (κ3) is 4.41. The van der Waals surface area contributed by atoms with Crippen LogP contribution < -0.4 is 10.6 Å². The summed E-state index contributed by atoms with van der Waals surface area (Å²) in [6, 6.07) is 10.6. The molecule has 1 saturated carbocycles. The van der Waals surface area contributed by atoms with Gasteiger partial charge in [-0.15, -0.1) is 12.4 Å². The van der Waals surface area contributed by atoms with Crippen molar-refractivity contribution in [1.29, 1.82) is 0 Å². The normalized spacial score (nSPS) is 25.7. The van der Waals surface area contributed by atoms with Crippen LogP contribution in [0.2, 0.25) is 0 Å². The maximum Gasteiger partial charge on any atom is 0.241 e. The number of amides is 1. The molecule has 0 spiro atoms. The molecule has 3 rings (SSSR count). The second kappa shape index (κ2) is 8.72. The van der Waals surface area contributed by atoms with E-state index in [0.29, 0.717) is 31.8 Å². The highest BCUT2D eigenvalue weighted by molar-refractivity contribution is 7.92. The van der Waals surface area contributed by atoms with Gasteiger partial charge in [0.25, 0.3) is 0 Å². The first-order chi connectivity index (χ1) is 11.9. The number of carbonyl (C=O) groups is 1. The predicted octanol–water partition coefficient (Wildman–Crippen LogP) is 2.42. The first kappa shape index (κ1) is 21.2. The van der Waals surface area contributed by atoms with Gasteiger partial charge in [0.2, 0.25) is 5.91 Å². The summed E-state index contributed by atoms with van der Waals surface area (Å²) < 4.78 is 23.4. The number of rotatable bonds is 4. The molecule has 146 valence electrons. The van der Waals surface area contributed by atoms with Gasteiger partial charge in [-0.25, -0.2) is 8.42 Å². The molecule has 2 fully saturated rings. The van der Waals surface area contributed by atoms with Gasteiger partial charge in [-0.05, 0) is 63.1 Å². The first-order valence-electron chi connectivity index (χ1n) is 9.19. The smallest absolute Gasteiger partial charge is 0.241 e. The molecule has 0 radical (unpaired) electrons. The number of carbonyl (C=O) groups excluding carboxylic acids is 1. The zero-order valence-corrected chi connectivity index (χ0v) is 16.9. The van der Waals surface area contributed by atoms with Gasteiger partial charge in [0, 0.05) is 12.3 Å². The minimum absolute atomic E-state index is 0. The van der Waals surface area contributed by atoms with E-state index in [-0.39, 0.29) is 24.4 Å². The van der Waals surface area contributed by atoms with E-state index < -0.39 is 14.6 Å². The van der Waals surface area contributed by atoms with Crippen LogP contribution in [0.1, 0.15) is 50.0 Å². The van der Waals surface area contributed by atoms with Crippen LogP contribution in [0.4, 0.5) is 0 Å². The highest BCUT2D eigenvalue weighted by atomic mass is 35.5. The fourth-order valence-corrected chi connectivity index (χ4v) is 5.55. The number of piperidine rings is 1. The topological polar surface area (TPSA) is 75.3 Å². The molecule has 1 aliphatic carbocycles. The summed E-state index contributed by atoms with van der Waals surface area (Å²) >= 11 is 0. The Balaban J connectivity index is 0.00000243. The molecule has 0 bridgehead atoms. The number of hydrogen-bond acceptors (Lipinski definition) is 4. The lowest BCUT2D eigenvalue weighted by Gasteiger charge is -2.37. The molecule has 5 nitrogen and oxygen atoms in total. The van der Waals surface area contributed by atoms with Crippen molar-refractivity contribution in [3.8, 4) is 0 Å². The summed E-state index contributed by atoms with van der Waals surface area (Å²) in [4.78, 5) is 12.9. The largest absolute Gasteiger partial charge is 0.352 e. The van der Waals surface area contributed by atoms with Gasteiger partial charge in [-0.3, -0.25) is 4.79 Å². The van der Waals surface area contributed by atoms with Crippen molar-refractivity contribution in [2.45, 2.75) is 55.2 Å². The lowest BCUT2D eigenvalue weighted by molar-refractivity contribution is -0.125. The molecule has 2 aliphatic rings. The van der Waals surface area contributed by atoms with E-state index in [4.69, 9.17) is 0 Å². The Morgan fingerprint density at radius 1 is 1.08 bits per heavy atom. The molecule has 7 heteroatoms. The highest BCUT2D eigenvalue weighted by Gasteiger charge is 2.49. The molecule has 1 aliphatic heterocycles. The molecule has 2 N–H and O–H groups in total. The van der Waals surface area contributed by atoms with Crippen LogP contribution in [0.15, 0.2) is 30.3 Å². The summed E-state index contributed by atoms with van der Waals surface area (Å²) in [5.74, 6) is 0.247. The second-order valence-corrected chi connectivity index (χ2v) is 9.77. The van der Waals surface area contributed by atoms with Crippen LogP contribution in [0.3, 0.4) is 0 Å². The standard InChI is InChI=1S/C19H28N2O3S.ClH/c1-25(23,24)19(11-13-20-14-12-19)18(22)21-17-9-7-16(8-10-17)15-5-3-2-4-6-15;/h2-6,16-17,20H,7-14H2,1H3,(H,21,22);1H. The molecule has 0 unspecified atom stereocenters. The predicted molar refractivity (Wildman–Crippen MR) is 107 cm³/mol. The van der Waals surface area contributed by atoms with Gasteiger partial charge in [0.1, 0.15) is 0 Å². The van der Waals surface area contributed by atoms with Crippen molar-refractivity contribution in [2.75, 3.05) is 19.3 Å². The highest BCUT2D eigenvalue weighted by Crippen LogP contribution is 2.34. The Hall–Kier alpha value is -1.11. The Morgan fingerprint density at radius 3 is 2.19 bits per heavy atom. The van der Waals surface area contributed by atoms with E-state index in [1.807, 2.05) is 6.07 Å².